The van der Waals surface area contributed by atoms with E-state index in [1.54, 1.807) is 0 Å². The van der Waals surface area contributed by atoms with Gasteiger partial charge in [-0.3, -0.25) is 9.59 Å². The number of rotatable bonds is 3. The van der Waals surface area contributed by atoms with Crippen molar-refractivity contribution < 1.29 is 14.7 Å². The highest BCUT2D eigenvalue weighted by molar-refractivity contribution is 5.83. The molecule has 0 aromatic carbocycles. The van der Waals surface area contributed by atoms with Gasteiger partial charge in [0.15, 0.2) is 0 Å². The zero-order valence-electron chi connectivity index (χ0n) is 8.82. The summed E-state index contributed by atoms with van der Waals surface area (Å²) in [5.41, 5.74) is 0. The molecule has 0 spiro atoms. The minimum absolute atomic E-state index is 0.0283. The molecule has 2 fully saturated rings. The number of carbonyl (C=O) groups excluding carboxylic acids is 1. The Balaban J connectivity index is 1.83. The van der Waals surface area contributed by atoms with Crippen molar-refractivity contribution in [1.29, 1.82) is 0 Å². The van der Waals surface area contributed by atoms with Crippen LogP contribution in [-0.4, -0.2) is 35.0 Å². The van der Waals surface area contributed by atoms with Gasteiger partial charge >= 0.3 is 5.97 Å². The van der Waals surface area contributed by atoms with E-state index in [4.69, 9.17) is 5.11 Å². The predicted octanol–water partition coefficient (Wildman–Crippen LogP) is 1.11. The lowest BCUT2D eigenvalue weighted by molar-refractivity contribution is -0.149. The third-order valence-corrected chi connectivity index (χ3v) is 3.57. The van der Waals surface area contributed by atoms with Gasteiger partial charge in [0.1, 0.15) is 0 Å². The fourth-order valence-electron chi connectivity index (χ4n) is 2.27. The summed E-state index contributed by atoms with van der Waals surface area (Å²) < 4.78 is 0. The fraction of sp³-hybridized carbons (Fsp3) is 0.818. The minimum Gasteiger partial charge on any atom is -0.481 e. The van der Waals surface area contributed by atoms with E-state index in [0.29, 0.717) is 18.9 Å². The first kappa shape index (κ1) is 10.5. The van der Waals surface area contributed by atoms with E-state index in [9.17, 15) is 9.59 Å². The molecule has 1 N–H and O–H groups in total. The second kappa shape index (κ2) is 4.21. The van der Waals surface area contributed by atoms with E-state index in [2.05, 4.69) is 0 Å². The molecule has 1 atom stereocenters. The molecule has 1 aliphatic heterocycles. The number of carbonyl (C=O) groups is 2. The van der Waals surface area contributed by atoms with Crippen LogP contribution < -0.4 is 0 Å². The standard InChI is InChI=1S/C11H17NO3/c13-10-6-9(11(14)15)4-5-12(10)7-8-2-1-3-8/h8-9H,1-7H2,(H,14,15). The quantitative estimate of drug-likeness (QED) is 0.760. The fourth-order valence-corrected chi connectivity index (χ4v) is 2.27. The number of hydrogen-bond donors (Lipinski definition) is 1. The second-order valence-electron chi connectivity index (χ2n) is 4.66. The molecule has 0 radical (unpaired) electrons. The van der Waals surface area contributed by atoms with E-state index >= 15 is 0 Å². The van der Waals surface area contributed by atoms with Crippen molar-refractivity contribution in [3.63, 3.8) is 0 Å². The van der Waals surface area contributed by atoms with E-state index < -0.39 is 11.9 Å². The topological polar surface area (TPSA) is 57.6 Å². The summed E-state index contributed by atoms with van der Waals surface area (Å²) in [6.45, 7) is 1.48. The summed E-state index contributed by atoms with van der Waals surface area (Å²) in [5.74, 6) is -0.572. The number of nitrogens with zero attached hydrogens (tertiary/aromatic N) is 1. The van der Waals surface area contributed by atoms with E-state index in [0.717, 1.165) is 6.54 Å². The summed E-state index contributed by atoms with van der Waals surface area (Å²) in [4.78, 5) is 24.2. The molecule has 1 saturated carbocycles. The maximum absolute atomic E-state index is 11.6. The molecular weight excluding hydrogens is 194 g/mol. The first-order valence-electron chi connectivity index (χ1n) is 5.67. The molecule has 4 heteroatoms. The van der Waals surface area contributed by atoms with Crippen LogP contribution >= 0.6 is 0 Å². The molecular formula is C11H17NO3. The molecule has 0 aromatic heterocycles. The van der Waals surface area contributed by atoms with Crippen LogP contribution in [0, 0.1) is 11.8 Å². The van der Waals surface area contributed by atoms with Crippen molar-refractivity contribution in [2.75, 3.05) is 13.1 Å². The van der Waals surface area contributed by atoms with Crippen LogP contribution in [0.5, 0.6) is 0 Å². The molecule has 2 aliphatic rings. The van der Waals surface area contributed by atoms with Gasteiger partial charge in [-0.05, 0) is 25.2 Å². The molecule has 0 aromatic rings. The maximum Gasteiger partial charge on any atom is 0.307 e. The van der Waals surface area contributed by atoms with Crippen LogP contribution in [0.1, 0.15) is 32.1 Å². The summed E-state index contributed by atoms with van der Waals surface area (Å²) in [5, 5.41) is 8.81. The molecule has 1 aliphatic carbocycles. The van der Waals surface area contributed by atoms with Gasteiger partial charge in [-0.1, -0.05) is 6.42 Å². The lowest BCUT2D eigenvalue weighted by Crippen LogP contribution is -2.44. The van der Waals surface area contributed by atoms with Gasteiger partial charge < -0.3 is 10.0 Å². The average molecular weight is 211 g/mol. The van der Waals surface area contributed by atoms with Crippen molar-refractivity contribution in [2.45, 2.75) is 32.1 Å². The van der Waals surface area contributed by atoms with Crippen molar-refractivity contribution in [2.24, 2.45) is 11.8 Å². The average Bonchev–Trinajstić information content (AvgIpc) is 2.12. The number of carboxylic acids is 1. The van der Waals surface area contributed by atoms with Crippen molar-refractivity contribution in [3.8, 4) is 0 Å². The largest absolute Gasteiger partial charge is 0.481 e. The number of hydrogen-bond acceptors (Lipinski definition) is 2. The highest BCUT2D eigenvalue weighted by Gasteiger charge is 2.32. The maximum atomic E-state index is 11.6. The first-order valence-corrected chi connectivity index (χ1v) is 5.67. The number of amides is 1. The van der Waals surface area contributed by atoms with Crippen LogP contribution in [0.25, 0.3) is 0 Å². The number of likely N-dealkylation sites (tertiary alicyclic amines) is 1. The molecule has 4 nitrogen and oxygen atoms in total. The summed E-state index contributed by atoms with van der Waals surface area (Å²) in [7, 11) is 0. The van der Waals surface area contributed by atoms with Crippen LogP contribution in [0.2, 0.25) is 0 Å². The molecule has 0 bridgehead atoms. The van der Waals surface area contributed by atoms with Crippen LogP contribution in [0.3, 0.4) is 0 Å². The molecule has 15 heavy (non-hydrogen) atoms. The smallest absolute Gasteiger partial charge is 0.307 e. The summed E-state index contributed by atoms with van der Waals surface area (Å²) in [6, 6.07) is 0. The molecule has 1 heterocycles. The Hall–Kier alpha value is -1.06. The minimum atomic E-state index is -0.827. The SMILES string of the molecule is O=C(O)C1CCN(CC2CCC2)C(=O)C1. The molecule has 1 amide bonds. The van der Waals surface area contributed by atoms with Gasteiger partial charge in [0, 0.05) is 19.5 Å². The van der Waals surface area contributed by atoms with Gasteiger partial charge in [0.25, 0.3) is 0 Å². The first-order chi connectivity index (χ1) is 7.16. The monoisotopic (exact) mass is 211 g/mol. The van der Waals surface area contributed by atoms with Crippen LogP contribution in [0.4, 0.5) is 0 Å². The third kappa shape index (κ3) is 2.30. The predicted molar refractivity (Wildman–Crippen MR) is 54.3 cm³/mol. The Morgan fingerprint density at radius 3 is 2.60 bits per heavy atom. The second-order valence-corrected chi connectivity index (χ2v) is 4.66. The Morgan fingerprint density at radius 2 is 2.13 bits per heavy atom. The normalized spacial score (nSPS) is 27.6. The Labute approximate surface area is 89.3 Å². The number of piperidine rings is 1. The van der Waals surface area contributed by atoms with Crippen molar-refractivity contribution >= 4 is 11.9 Å². The van der Waals surface area contributed by atoms with E-state index in [-0.39, 0.29) is 12.3 Å². The summed E-state index contributed by atoms with van der Waals surface area (Å²) in [6.07, 6.45) is 4.55. The Bertz CT molecular complexity index is 273. The van der Waals surface area contributed by atoms with Gasteiger partial charge in [0.2, 0.25) is 5.91 Å². The highest BCUT2D eigenvalue weighted by Crippen LogP contribution is 2.29. The van der Waals surface area contributed by atoms with Gasteiger partial charge in [-0.2, -0.15) is 0 Å². The Morgan fingerprint density at radius 1 is 1.40 bits per heavy atom. The summed E-state index contributed by atoms with van der Waals surface area (Å²) >= 11 is 0. The molecule has 2 rings (SSSR count). The molecule has 84 valence electrons. The Kier molecular flexibility index (Phi) is 2.93. The van der Waals surface area contributed by atoms with Gasteiger partial charge in [0.05, 0.1) is 5.92 Å². The van der Waals surface area contributed by atoms with Crippen molar-refractivity contribution in [1.82, 2.24) is 4.90 Å². The van der Waals surface area contributed by atoms with Gasteiger partial charge in [-0.25, -0.2) is 0 Å². The van der Waals surface area contributed by atoms with E-state index in [1.807, 2.05) is 4.90 Å². The van der Waals surface area contributed by atoms with Crippen molar-refractivity contribution in [3.05, 3.63) is 0 Å². The van der Waals surface area contributed by atoms with Gasteiger partial charge in [-0.15, -0.1) is 0 Å². The zero-order valence-corrected chi connectivity index (χ0v) is 8.82. The third-order valence-electron chi connectivity index (χ3n) is 3.57. The lowest BCUT2D eigenvalue weighted by atomic mass is 9.84. The zero-order chi connectivity index (χ0) is 10.8. The van der Waals surface area contributed by atoms with E-state index in [1.165, 1.54) is 19.3 Å². The molecule has 1 saturated heterocycles. The lowest BCUT2D eigenvalue weighted by Gasteiger charge is -2.35. The highest BCUT2D eigenvalue weighted by atomic mass is 16.4. The van der Waals surface area contributed by atoms with Crippen LogP contribution in [-0.2, 0) is 9.59 Å². The number of aliphatic carboxylic acids is 1. The molecule has 1 unspecified atom stereocenters. The number of carboxylic acid groups (broad SMARTS) is 1. The van der Waals surface area contributed by atoms with Crippen LogP contribution in [0.15, 0.2) is 0 Å².